The zero-order chi connectivity index (χ0) is 94.3. The molecule has 2 unspecified atom stereocenters. The first kappa shape index (κ1) is 103. The van der Waals surface area contributed by atoms with Crippen LogP contribution in [0.25, 0.3) is 21.3 Å². The van der Waals surface area contributed by atoms with Crippen LogP contribution >= 0.6 is 11.3 Å². The number of hydrogen-bond donors (Lipinski definition) is 6. The molecule has 4 atom stereocenters. The van der Waals surface area contributed by atoms with Crippen molar-refractivity contribution in [2.24, 2.45) is 22.2 Å². The molecule has 6 aliphatic rings. The molecule has 3 aromatic heterocycles. The van der Waals surface area contributed by atoms with Gasteiger partial charge in [-0.1, -0.05) is 75.4 Å². The molecule has 6 N–H and O–H groups in total. The predicted octanol–water partition coefficient (Wildman–Crippen LogP) is 7.58. The van der Waals surface area contributed by atoms with Crippen LogP contribution in [0, 0.1) is 29.1 Å². The summed E-state index contributed by atoms with van der Waals surface area (Å²) >= 11 is 1.40. The maximum absolute atomic E-state index is 14.0. The molecule has 0 spiro atoms. The summed E-state index contributed by atoms with van der Waals surface area (Å²) in [5.74, 6) is -6.08. The molecule has 12 rings (SSSR count). The van der Waals surface area contributed by atoms with E-state index in [1.165, 1.54) is 28.1 Å². The zero-order valence-corrected chi connectivity index (χ0v) is 78.0. The number of imide groups is 1. The Morgan fingerprint density at radius 3 is 1.75 bits per heavy atom. The highest BCUT2D eigenvalue weighted by atomic mass is 32.2. The predicted molar refractivity (Wildman–Crippen MR) is 486 cm³/mol. The quantitative estimate of drug-likeness (QED) is 0.0122. The molecule has 40 heteroatoms. The molecule has 4 saturated carbocycles. The average Bonchev–Trinajstić information content (AvgIpc) is 0.868. The first-order valence-corrected chi connectivity index (χ1v) is 47.2. The van der Waals surface area contributed by atoms with E-state index in [9.17, 15) is 61.2 Å². The molecule has 722 valence electrons. The highest BCUT2D eigenvalue weighted by Gasteiger charge is 2.66. The van der Waals surface area contributed by atoms with Crippen molar-refractivity contribution in [1.29, 1.82) is 0 Å². The van der Waals surface area contributed by atoms with Gasteiger partial charge in [-0.3, -0.25) is 53.0 Å². The number of para-hydroxylation sites is 1. The number of ether oxygens (including phenoxy) is 13. The minimum absolute atomic E-state index is 0.0141. The number of thiazole rings is 1. The van der Waals surface area contributed by atoms with Gasteiger partial charge >= 0.3 is 12.1 Å². The Bertz CT molecular complexity index is 4950. The van der Waals surface area contributed by atoms with Gasteiger partial charge in [-0.15, -0.1) is 0 Å². The number of nitrogens with one attached hydrogen (secondary N) is 4. The zero-order valence-electron chi connectivity index (χ0n) is 76.3. The Morgan fingerprint density at radius 2 is 1.18 bits per heavy atom. The molecule has 4 fully saturated rings. The van der Waals surface area contributed by atoms with E-state index in [1.54, 1.807) is 63.6 Å². The Morgan fingerprint density at radius 1 is 0.606 bits per heavy atom. The average molecular weight is 1880 g/mol. The van der Waals surface area contributed by atoms with Gasteiger partial charge in [-0.25, -0.2) is 19.6 Å². The SMILES string of the molecule is COCCOCCOCCOCCOCCOCCOCCOCCOCCOCCOCCN(CCC(=O)N[C@H](C(=O)N[C@@H](C)C(=O)Nc1ccc(COC(=O)N(CCOC23CC4(C)CC(C)(CC(Cn5ncc(-c6ccc(N7CCc8cccc(C(=O)Nc9nc%10ccccc%10s9)c8C7)nc6C(=O)O)c5C)(C4)C2)C3)CCS(=O)(=O)O)cc1)C(C)C)C(=O)CN1C(=O)C=CC1=O. The van der Waals surface area contributed by atoms with Gasteiger partial charge in [0.2, 0.25) is 23.6 Å². The van der Waals surface area contributed by atoms with E-state index in [1.807, 2.05) is 59.0 Å². The molecule has 132 heavy (non-hydrogen) atoms. The highest BCUT2D eigenvalue weighted by Crippen LogP contribution is 2.72. The van der Waals surface area contributed by atoms with E-state index < -0.39 is 100 Å². The van der Waals surface area contributed by atoms with Crippen molar-refractivity contribution < 1.29 is 123 Å². The summed E-state index contributed by atoms with van der Waals surface area (Å²) in [4.78, 5) is 135. The second-order valence-electron chi connectivity index (χ2n) is 34.8. The molecule has 2 aliphatic heterocycles. The van der Waals surface area contributed by atoms with E-state index in [2.05, 4.69) is 40.1 Å². The Hall–Kier alpha value is -9.89. The lowest BCUT2D eigenvalue weighted by Gasteiger charge is -2.69. The van der Waals surface area contributed by atoms with Crippen molar-refractivity contribution >= 4 is 102 Å². The van der Waals surface area contributed by atoms with Crippen LogP contribution in [-0.2, 0) is 127 Å². The number of carboxylic acids is 1. The Balaban J connectivity index is 0.578. The third kappa shape index (κ3) is 30.8. The van der Waals surface area contributed by atoms with Crippen molar-refractivity contribution in [2.45, 2.75) is 130 Å². The normalized spacial score (nSPS) is 19.0. The molecule has 5 heterocycles. The molecule has 4 bridgehead atoms. The number of pyridine rings is 1. The van der Waals surface area contributed by atoms with Crippen molar-refractivity contribution in [3.8, 4) is 11.1 Å². The van der Waals surface area contributed by atoms with Gasteiger partial charge in [-0.05, 0) is 140 Å². The molecular formula is C92H126N12O26S2. The minimum Gasteiger partial charge on any atom is -0.476 e. The summed E-state index contributed by atoms with van der Waals surface area (Å²) < 4.78 is 110. The highest BCUT2D eigenvalue weighted by molar-refractivity contribution is 7.85. The Labute approximate surface area is 773 Å². The molecule has 0 saturated heterocycles. The van der Waals surface area contributed by atoms with Crippen molar-refractivity contribution in [3.63, 3.8) is 0 Å². The lowest BCUT2D eigenvalue weighted by atomic mass is 9.39. The van der Waals surface area contributed by atoms with E-state index >= 15 is 0 Å². The number of benzene rings is 3. The summed E-state index contributed by atoms with van der Waals surface area (Å²) in [7, 11) is -2.90. The van der Waals surface area contributed by atoms with Gasteiger partial charge in [0.25, 0.3) is 27.8 Å². The van der Waals surface area contributed by atoms with Gasteiger partial charge in [0.05, 0.1) is 173 Å². The fraction of sp³-hybridized carbons (Fsp3) is 0.587. The van der Waals surface area contributed by atoms with Crippen molar-refractivity contribution in [3.05, 3.63) is 131 Å². The molecule has 8 amide bonds. The molecular weight excluding hydrogens is 1750 g/mol. The number of fused-ring (bicyclic) bond motifs is 2. The summed E-state index contributed by atoms with van der Waals surface area (Å²) in [5.41, 5.74) is 4.49. The van der Waals surface area contributed by atoms with Crippen LogP contribution in [0.4, 0.5) is 21.4 Å². The first-order chi connectivity index (χ1) is 63.4. The number of amides is 8. The van der Waals surface area contributed by atoms with Gasteiger partial charge in [0.15, 0.2) is 10.8 Å². The van der Waals surface area contributed by atoms with Crippen LogP contribution in [0.2, 0.25) is 0 Å². The molecule has 38 nitrogen and oxygen atoms in total. The van der Waals surface area contributed by atoms with Crippen molar-refractivity contribution in [1.82, 2.24) is 45.1 Å². The fourth-order valence-electron chi connectivity index (χ4n) is 18.5. The Kier molecular flexibility index (Phi) is 38.8. The number of anilines is 3. The van der Waals surface area contributed by atoms with Gasteiger partial charge in [-0.2, -0.15) is 13.5 Å². The third-order valence-corrected chi connectivity index (χ3v) is 25.3. The largest absolute Gasteiger partial charge is 0.476 e. The second-order valence-corrected chi connectivity index (χ2v) is 37.4. The third-order valence-electron chi connectivity index (χ3n) is 23.7. The van der Waals surface area contributed by atoms with Crippen LogP contribution in [0.15, 0.2) is 97.2 Å². The van der Waals surface area contributed by atoms with Gasteiger partial charge in [0, 0.05) is 99.6 Å². The molecule has 4 aliphatic carbocycles. The number of hydrogen-bond acceptors (Lipinski definition) is 29. The summed E-state index contributed by atoms with van der Waals surface area (Å²) in [6.45, 7) is 19.5. The molecule has 3 aromatic carbocycles. The first-order valence-electron chi connectivity index (χ1n) is 44.8. The van der Waals surface area contributed by atoms with Crippen LogP contribution < -0.4 is 26.2 Å². The summed E-state index contributed by atoms with van der Waals surface area (Å²) in [6, 6.07) is 21.0. The number of carbonyl (C=O) groups excluding carboxylic acids is 8. The number of aromatic carboxylic acids is 1. The van der Waals surface area contributed by atoms with Crippen LogP contribution in [0.1, 0.15) is 123 Å². The monoisotopic (exact) mass is 1880 g/mol. The number of nitrogens with zero attached hydrogens (tertiary/aromatic N) is 8. The smallest absolute Gasteiger partial charge is 0.410 e. The lowest BCUT2D eigenvalue weighted by Crippen LogP contribution is -2.64. The maximum Gasteiger partial charge on any atom is 0.410 e. The van der Waals surface area contributed by atoms with E-state index in [0.29, 0.717) is 184 Å². The summed E-state index contributed by atoms with van der Waals surface area (Å²) in [6.07, 6.45) is 8.21. The minimum atomic E-state index is -4.52. The van der Waals surface area contributed by atoms with Crippen molar-refractivity contribution in [2.75, 3.05) is 213 Å². The van der Waals surface area contributed by atoms with E-state index in [0.717, 1.165) is 76.2 Å². The number of carboxylic acid groups (broad SMARTS) is 1. The second kappa shape index (κ2) is 49.9. The summed E-state index contributed by atoms with van der Waals surface area (Å²) in [5, 5.41) is 27.3. The van der Waals surface area contributed by atoms with E-state index in [4.69, 9.17) is 71.7 Å². The number of rotatable bonds is 60. The molecule has 0 radical (unpaired) electrons. The van der Waals surface area contributed by atoms with Crippen LogP contribution in [-0.4, -0.2) is 321 Å². The standard InChI is InChI=1S/C92H126N12O26S2/c1-64(2)81(98-77(105)24-26-100(80(108)55-103-78(106)21-22-79(103)107)27-30-119-34-35-121-38-39-123-42-43-125-46-47-127-50-51-128-49-48-126-45-44-124-41-40-122-37-36-120-33-32-118-7)85(111)94-65(3)83(109)95-69-17-15-67(16-18-69)56-129-88(114)101(29-52-132(115,116)117)28-31-130-92-60-89(5)57-90(6,61-92)59-91(58-89,62-92)63-104-66(4)72(53-93-104)70-19-20-76(97-82(70)86(112)113)102-25-23-68-11-10-12-71(73(68)54-102)84(110)99-87-96-74-13-8-9-14-75(74)131-87/h8-22,53,64-65,81H,23-52,54-63H2,1-7H3,(H,94,111)(H,95,109)(H,98,105)(H,112,113)(H,96,99,110)(H,115,116,117)/t65-,81-,89?,90?,91?,92?/m0/s1. The van der Waals surface area contributed by atoms with E-state index in [-0.39, 0.29) is 93.5 Å². The lowest BCUT2D eigenvalue weighted by molar-refractivity contribution is -0.248. The van der Waals surface area contributed by atoms with Crippen LogP contribution in [0.5, 0.6) is 0 Å². The topological polar surface area (TPSA) is 453 Å². The molecule has 6 aromatic rings. The number of aromatic nitrogens is 4. The number of carbonyl (C=O) groups is 9. The van der Waals surface area contributed by atoms with Gasteiger partial charge in [0.1, 0.15) is 31.1 Å². The van der Waals surface area contributed by atoms with Crippen LogP contribution in [0.3, 0.4) is 0 Å². The fourth-order valence-corrected chi connectivity index (χ4v) is 19.8. The number of methoxy groups -OCH3 is 1. The maximum atomic E-state index is 14.0. The van der Waals surface area contributed by atoms with Gasteiger partial charge < -0.3 is 97.3 Å².